The molecule has 0 radical (unpaired) electrons. The summed E-state index contributed by atoms with van der Waals surface area (Å²) in [5.41, 5.74) is 7.39. The Kier molecular flexibility index (Phi) is 3.42. The van der Waals surface area contributed by atoms with Crippen molar-refractivity contribution >= 4 is 32.6 Å². The van der Waals surface area contributed by atoms with E-state index in [0.29, 0.717) is 16.8 Å². The number of benzene rings is 2. The number of hydrogen-bond acceptors (Lipinski definition) is 5. The van der Waals surface area contributed by atoms with Crippen molar-refractivity contribution in [1.29, 1.82) is 0 Å². The summed E-state index contributed by atoms with van der Waals surface area (Å²) >= 11 is 0. The van der Waals surface area contributed by atoms with Gasteiger partial charge in [0.25, 0.3) is 10.0 Å². The van der Waals surface area contributed by atoms with E-state index in [1.165, 1.54) is 6.07 Å². The van der Waals surface area contributed by atoms with Crippen LogP contribution in [-0.4, -0.2) is 18.4 Å². The Morgan fingerprint density at radius 2 is 1.91 bits per heavy atom. The molecule has 0 saturated heterocycles. The number of sulfonamides is 1. The maximum absolute atomic E-state index is 12.4. The van der Waals surface area contributed by atoms with E-state index in [1.54, 1.807) is 31.3 Å². The molecule has 0 saturated carbocycles. The number of aromatic nitrogens is 2. The van der Waals surface area contributed by atoms with Crippen LogP contribution in [0.25, 0.3) is 10.9 Å². The van der Waals surface area contributed by atoms with E-state index in [4.69, 9.17) is 5.73 Å². The molecule has 0 fully saturated rings. The first-order chi connectivity index (χ1) is 10.5. The van der Waals surface area contributed by atoms with E-state index in [1.807, 2.05) is 18.2 Å². The molecule has 0 unspecified atom stereocenters. The molecule has 3 N–H and O–H groups in total. The summed E-state index contributed by atoms with van der Waals surface area (Å²) in [4.78, 5) is 8.40. The van der Waals surface area contributed by atoms with Gasteiger partial charge < -0.3 is 5.73 Å². The number of aryl methyl sites for hydroxylation is 1. The zero-order valence-electron chi connectivity index (χ0n) is 11.8. The monoisotopic (exact) mass is 314 g/mol. The average molecular weight is 314 g/mol. The highest BCUT2D eigenvalue weighted by molar-refractivity contribution is 7.92. The minimum Gasteiger partial charge on any atom is -0.399 e. The molecule has 3 aromatic rings. The molecule has 0 aliphatic carbocycles. The van der Waals surface area contributed by atoms with Crippen LogP contribution < -0.4 is 10.5 Å². The first-order valence-corrected chi connectivity index (χ1v) is 8.05. The van der Waals surface area contributed by atoms with E-state index in [9.17, 15) is 8.42 Å². The molecule has 0 amide bonds. The molecule has 3 rings (SSSR count). The molecule has 2 aromatic carbocycles. The smallest absolute Gasteiger partial charge is 0.264 e. The van der Waals surface area contributed by atoms with Crippen LogP contribution in [0.5, 0.6) is 0 Å². The molecule has 112 valence electrons. The number of hydrogen-bond donors (Lipinski definition) is 2. The highest BCUT2D eigenvalue weighted by Crippen LogP contribution is 2.20. The Hall–Kier alpha value is -2.67. The lowest BCUT2D eigenvalue weighted by Crippen LogP contribution is -2.16. The second-order valence-corrected chi connectivity index (χ2v) is 6.53. The molecule has 1 aromatic heterocycles. The number of fused-ring (bicyclic) bond motifs is 1. The van der Waals surface area contributed by atoms with Crippen molar-refractivity contribution < 1.29 is 8.42 Å². The number of anilines is 2. The van der Waals surface area contributed by atoms with Gasteiger partial charge in [0.15, 0.2) is 0 Å². The predicted molar refractivity (Wildman–Crippen MR) is 85.9 cm³/mol. The maximum atomic E-state index is 12.4. The lowest BCUT2D eigenvalue weighted by atomic mass is 10.2. The van der Waals surface area contributed by atoms with Crippen LogP contribution in [0.2, 0.25) is 0 Å². The van der Waals surface area contributed by atoms with Crippen molar-refractivity contribution in [3.8, 4) is 0 Å². The number of nitrogens with zero attached hydrogens (tertiary/aromatic N) is 2. The fourth-order valence-corrected chi connectivity index (χ4v) is 3.35. The number of rotatable bonds is 3. The van der Waals surface area contributed by atoms with Gasteiger partial charge in [0, 0.05) is 17.3 Å². The Morgan fingerprint density at radius 3 is 2.68 bits per heavy atom. The Balaban J connectivity index is 1.99. The fourth-order valence-electron chi connectivity index (χ4n) is 2.17. The van der Waals surface area contributed by atoms with Crippen LogP contribution in [-0.2, 0) is 10.0 Å². The topological polar surface area (TPSA) is 98.0 Å². The van der Waals surface area contributed by atoms with Crippen LogP contribution >= 0.6 is 0 Å². The van der Waals surface area contributed by atoms with Crippen molar-refractivity contribution in [2.75, 3.05) is 10.5 Å². The molecular weight excluding hydrogens is 300 g/mol. The van der Waals surface area contributed by atoms with Gasteiger partial charge in [-0.1, -0.05) is 18.2 Å². The molecule has 0 bridgehead atoms. The fraction of sp³-hybridized carbons (Fsp3) is 0.0667. The summed E-state index contributed by atoms with van der Waals surface area (Å²) in [6.45, 7) is 1.69. The Labute approximate surface area is 128 Å². The molecule has 22 heavy (non-hydrogen) atoms. The third kappa shape index (κ3) is 2.71. The lowest BCUT2D eigenvalue weighted by Gasteiger charge is -2.10. The number of nitrogens with one attached hydrogen (secondary N) is 1. The lowest BCUT2D eigenvalue weighted by molar-refractivity contribution is 0.600. The van der Waals surface area contributed by atoms with E-state index in [0.717, 1.165) is 5.39 Å². The highest BCUT2D eigenvalue weighted by Gasteiger charge is 2.18. The van der Waals surface area contributed by atoms with Gasteiger partial charge in [0.1, 0.15) is 0 Å². The zero-order valence-corrected chi connectivity index (χ0v) is 12.6. The SMILES string of the molecule is Cc1cc(N)ccc1S(=O)(=O)Nc1ncc2ccccc2n1. The standard InChI is InChI=1S/C15H14N4O2S/c1-10-8-12(16)6-7-14(10)22(20,21)19-15-17-9-11-4-2-3-5-13(11)18-15/h2-9H,16H2,1H3,(H,17,18,19). The zero-order chi connectivity index (χ0) is 15.7. The van der Waals surface area contributed by atoms with E-state index in [2.05, 4.69) is 14.7 Å². The number of nitrogen functional groups attached to an aromatic ring is 1. The van der Waals surface area contributed by atoms with Gasteiger partial charge in [0.05, 0.1) is 10.4 Å². The Bertz CT molecular complexity index is 955. The average Bonchev–Trinajstić information content (AvgIpc) is 2.46. The summed E-state index contributed by atoms with van der Waals surface area (Å²) in [6, 6.07) is 12.0. The van der Waals surface area contributed by atoms with Gasteiger partial charge in [-0.2, -0.15) is 0 Å². The highest BCUT2D eigenvalue weighted by atomic mass is 32.2. The molecule has 7 heteroatoms. The van der Waals surface area contributed by atoms with Gasteiger partial charge in [-0.3, -0.25) is 0 Å². The van der Waals surface area contributed by atoms with Crippen LogP contribution in [0.15, 0.2) is 53.6 Å². The third-order valence-electron chi connectivity index (χ3n) is 3.20. The van der Waals surface area contributed by atoms with E-state index in [-0.39, 0.29) is 10.8 Å². The van der Waals surface area contributed by atoms with Crippen LogP contribution in [0.1, 0.15) is 5.56 Å². The van der Waals surface area contributed by atoms with Crippen LogP contribution in [0, 0.1) is 6.92 Å². The van der Waals surface area contributed by atoms with Gasteiger partial charge in [0.2, 0.25) is 5.95 Å². The molecule has 0 aliphatic rings. The molecule has 0 spiro atoms. The maximum Gasteiger partial charge on any atom is 0.264 e. The van der Waals surface area contributed by atoms with E-state index < -0.39 is 10.0 Å². The van der Waals surface area contributed by atoms with Crippen LogP contribution in [0.3, 0.4) is 0 Å². The molecule has 0 aliphatic heterocycles. The van der Waals surface area contributed by atoms with E-state index >= 15 is 0 Å². The van der Waals surface area contributed by atoms with Crippen molar-refractivity contribution in [1.82, 2.24) is 9.97 Å². The summed E-state index contributed by atoms with van der Waals surface area (Å²) in [7, 11) is -3.76. The van der Waals surface area contributed by atoms with Crippen molar-refractivity contribution in [3.05, 3.63) is 54.2 Å². The molecule has 0 atom stereocenters. The normalized spacial score (nSPS) is 11.5. The number of para-hydroxylation sites is 1. The molecule has 1 heterocycles. The predicted octanol–water partition coefficient (Wildman–Crippen LogP) is 2.32. The minimum atomic E-state index is -3.76. The summed E-state index contributed by atoms with van der Waals surface area (Å²) in [5, 5.41) is 0.842. The second-order valence-electron chi connectivity index (χ2n) is 4.88. The minimum absolute atomic E-state index is 0.0370. The Morgan fingerprint density at radius 1 is 1.14 bits per heavy atom. The first kappa shape index (κ1) is 14.3. The quantitative estimate of drug-likeness (QED) is 0.723. The van der Waals surface area contributed by atoms with Crippen molar-refractivity contribution in [2.45, 2.75) is 11.8 Å². The first-order valence-electron chi connectivity index (χ1n) is 6.56. The van der Waals surface area contributed by atoms with Gasteiger partial charge >= 0.3 is 0 Å². The summed E-state index contributed by atoms with van der Waals surface area (Å²) in [6.07, 6.45) is 1.58. The van der Waals surface area contributed by atoms with Crippen molar-refractivity contribution in [3.63, 3.8) is 0 Å². The van der Waals surface area contributed by atoms with Crippen LogP contribution in [0.4, 0.5) is 11.6 Å². The molecular formula is C15H14N4O2S. The van der Waals surface area contributed by atoms with Gasteiger partial charge in [-0.25, -0.2) is 23.1 Å². The second kappa shape index (κ2) is 5.27. The van der Waals surface area contributed by atoms with Gasteiger partial charge in [-0.05, 0) is 36.8 Å². The van der Waals surface area contributed by atoms with Gasteiger partial charge in [-0.15, -0.1) is 0 Å². The third-order valence-corrected chi connectivity index (χ3v) is 4.69. The summed E-state index contributed by atoms with van der Waals surface area (Å²) in [5.74, 6) is 0.0370. The largest absolute Gasteiger partial charge is 0.399 e. The number of nitrogens with two attached hydrogens (primary N) is 1. The summed E-state index contributed by atoms with van der Waals surface area (Å²) < 4.78 is 27.3. The molecule has 6 nitrogen and oxygen atoms in total. The van der Waals surface area contributed by atoms with Crippen molar-refractivity contribution in [2.24, 2.45) is 0 Å².